The largest absolute Gasteiger partial charge is 0.369 e. The minimum Gasteiger partial charge on any atom is -0.369 e. The number of benzene rings is 1. The van der Waals surface area contributed by atoms with Crippen molar-refractivity contribution in [1.29, 1.82) is 0 Å². The van der Waals surface area contributed by atoms with Crippen LogP contribution in [0.5, 0.6) is 0 Å². The third-order valence-corrected chi connectivity index (χ3v) is 4.18. The molecule has 0 fully saturated rings. The number of nitro benzene ring substituents is 1. The molecule has 114 valence electrons. The Bertz CT molecular complexity index is 671. The number of primary amides is 2. The minimum atomic E-state index is -4.48. The van der Waals surface area contributed by atoms with E-state index in [1.165, 1.54) is 12.1 Å². The van der Waals surface area contributed by atoms with Crippen molar-refractivity contribution in [2.24, 2.45) is 11.5 Å². The molecule has 4 N–H and O–H groups in total. The second-order valence-corrected chi connectivity index (χ2v) is 5.84. The van der Waals surface area contributed by atoms with Crippen LogP contribution in [-0.4, -0.2) is 42.6 Å². The zero-order valence-corrected chi connectivity index (χ0v) is 11.4. The highest BCUT2D eigenvalue weighted by Crippen LogP contribution is 2.25. The first kappa shape index (κ1) is 16.5. The average molecular weight is 316 g/mol. The number of sulfonamides is 1. The van der Waals surface area contributed by atoms with E-state index in [2.05, 4.69) is 0 Å². The van der Waals surface area contributed by atoms with Crippen molar-refractivity contribution >= 4 is 27.5 Å². The second-order valence-electron chi connectivity index (χ2n) is 3.93. The van der Waals surface area contributed by atoms with Gasteiger partial charge >= 0.3 is 0 Å². The number of carbonyl (C=O) groups is 2. The van der Waals surface area contributed by atoms with Crippen molar-refractivity contribution in [3.63, 3.8) is 0 Å². The number of carbonyl (C=O) groups excluding carboxylic acids is 2. The molecular weight excluding hydrogens is 304 g/mol. The van der Waals surface area contributed by atoms with Gasteiger partial charge in [0, 0.05) is 6.07 Å². The van der Waals surface area contributed by atoms with Crippen LogP contribution in [0.4, 0.5) is 5.69 Å². The van der Waals surface area contributed by atoms with Gasteiger partial charge in [-0.15, -0.1) is 0 Å². The Balaban J connectivity index is 3.38. The summed E-state index contributed by atoms with van der Waals surface area (Å²) in [6, 6.07) is 4.53. The van der Waals surface area contributed by atoms with Crippen LogP contribution in [0, 0.1) is 10.1 Å². The van der Waals surface area contributed by atoms with Crippen molar-refractivity contribution in [3.8, 4) is 0 Å². The summed E-state index contributed by atoms with van der Waals surface area (Å²) in [6.45, 7) is -1.64. The number of rotatable bonds is 7. The third-order valence-electron chi connectivity index (χ3n) is 2.34. The summed E-state index contributed by atoms with van der Waals surface area (Å²) in [4.78, 5) is 31.2. The molecule has 0 aliphatic rings. The highest BCUT2D eigenvalue weighted by Gasteiger charge is 2.33. The molecule has 0 atom stereocenters. The Hall–Kier alpha value is -2.53. The maximum Gasteiger partial charge on any atom is 0.289 e. The summed E-state index contributed by atoms with van der Waals surface area (Å²) in [7, 11) is -4.48. The van der Waals surface area contributed by atoms with Gasteiger partial charge in [-0.05, 0) is 6.07 Å². The van der Waals surface area contributed by atoms with Crippen LogP contribution in [0.25, 0.3) is 0 Å². The molecule has 10 nitrogen and oxygen atoms in total. The van der Waals surface area contributed by atoms with Crippen LogP contribution in [-0.2, 0) is 19.6 Å². The number of hydrogen-bond donors (Lipinski definition) is 2. The normalized spacial score (nSPS) is 11.3. The molecule has 1 aromatic rings. The molecule has 0 bridgehead atoms. The smallest absolute Gasteiger partial charge is 0.289 e. The Morgan fingerprint density at radius 2 is 1.62 bits per heavy atom. The van der Waals surface area contributed by atoms with Crippen LogP contribution >= 0.6 is 0 Å². The lowest BCUT2D eigenvalue weighted by molar-refractivity contribution is -0.387. The van der Waals surface area contributed by atoms with E-state index in [4.69, 9.17) is 11.5 Å². The van der Waals surface area contributed by atoms with Crippen LogP contribution in [0.1, 0.15) is 0 Å². The van der Waals surface area contributed by atoms with Crippen LogP contribution < -0.4 is 11.5 Å². The molecular formula is C10H12N4O6S. The first-order chi connectivity index (χ1) is 9.66. The molecule has 0 heterocycles. The monoisotopic (exact) mass is 316 g/mol. The zero-order valence-electron chi connectivity index (χ0n) is 10.6. The lowest BCUT2D eigenvalue weighted by Gasteiger charge is -2.18. The van der Waals surface area contributed by atoms with Gasteiger partial charge in [-0.2, -0.15) is 4.31 Å². The predicted octanol–water partition coefficient (Wildman–Crippen LogP) is -1.44. The summed E-state index contributed by atoms with van der Waals surface area (Å²) in [5.41, 5.74) is 9.14. The lowest BCUT2D eigenvalue weighted by Crippen LogP contribution is -2.43. The van der Waals surface area contributed by atoms with E-state index < -0.39 is 50.4 Å². The summed E-state index contributed by atoms with van der Waals surface area (Å²) in [5, 5.41) is 10.9. The van der Waals surface area contributed by atoms with Gasteiger partial charge in [0.2, 0.25) is 11.8 Å². The molecule has 0 radical (unpaired) electrons. The van der Waals surface area contributed by atoms with Crippen molar-refractivity contribution in [3.05, 3.63) is 34.4 Å². The molecule has 0 spiro atoms. The maximum atomic E-state index is 12.3. The molecule has 0 aliphatic heterocycles. The second kappa shape index (κ2) is 6.28. The quantitative estimate of drug-likeness (QED) is 0.461. The van der Waals surface area contributed by atoms with E-state index in [0.717, 1.165) is 12.1 Å². The van der Waals surface area contributed by atoms with Crippen LogP contribution in [0.15, 0.2) is 29.2 Å². The molecule has 0 saturated heterocycles. The molecule has 0 aliphatic carbocycles. The average Bonchev–Trinajstić information content (AvgIpc) is 2.36. The molecule has 21 heavy (non-hydrogen) atoms. The standard InChI is InChI=1S/C10H12N4O6S/c11-9(15)5-13(6-10(12)16)21(19,20)8-4-2-1-3-7(8)14(17)18/h1-4H,5-6H2,(H2,11,15)(H2,12,16). The molecule has 1 rings (SSSR count). The van der Waals surface area contributed by atoms with E-state index in [-0.39, 0.29) is 0 Å². The Morgan fingerprint density at radius 1 is 1.14 bits per heavy atom. The Kier molecular flexibility index (Phi) is 4.94. The maximum absolute atomic E-state index is 12.3. The van der Waals surface area contributed by atoms with Gasteiger partial charge < -0.3 is 11.5 Å². The Morgan fingerprint density at radius 3 is 2.05 bits per heavy atom. The van der Waals surface area contributed by atoms with E-state index in [1.54, 1.807) is 0 Å². The van der Waals surface area contributed by atoms with Crippen molar-refractivity contribution < 1.29 is 22.9 Å². The molecule has 0 unspecified atom stereocenters. The highest BCUT2D eigenvalue weighted by atomic mass is 32.2. The van der Waals surface area contributed by atoms with Crippen LogP contribution in [0.2, 0.25) is 0 Å². The fourth-order valence-electron chi connectivity index (χ4n) is 1.54. The number of nitrogens with two attached hydrogens (primary N) is 2. The number of amides is 2. The van der Waals surface area contributed by atoms with Gasteiger partial charge in [-0.3, -0.25) is 19.7 Å². The van der Waals surface area contributed by atoms with Crippen molar-refractivity contribution in [2.75, 3.05) is 13.1 Å². The van der Waals surface area contributed by atoms with E-state index >= 15 is 0 Å². The molecule has 0 saturated carbocycles. The molecule has 0 aromatic heterocycles. The number of hydrogen-bond acceptors (Lipinski definition) is 6. The number of nitrogens with zero attached hydrogens (tertiary/aromatic N) is 2. The SMILES string of the molecule is NC(=O)CN(CC(N)=O)S(=O)(=O)c1ccccc1[N+](=O)[O-]. The van der Waals surface area contributed by atoms with Gasteiger partial charge in [0.15, 0.2) is 4.90 Å². The van der Waals surface area contributed by atoms with Crippen LogP contribution in [0.3, 0.4) is 0 Å². The molecule has 11 heteroatoms. The minimum absolute atomic E-state index is 0.389. The van der Waals surface area contributed by atoms with Gasteiger partial charge in [-0.25, -0.2) is 8.42 Å². The van der Waals surface area contributed by atoms with Gasteiger partial charge in [0.25, 0.3) is 15.7 Å². The predicted molar refractivity (Wildman–Crippen MR) is 70.2 cm³/mol. The van der Waals surface area contributed by atoms with Crippen molar-refractivity contribution in [2.45, 2.75) is 4.90 Å². The Labute approximate surface area is 119 Å². The fraction of sp³-hybridized carbons (Fsp3) is 0.200. The first-order valence-electron chi connectivity index (χ1n) is 5.46. The van der Waals surface area contributed by atoms with E-state index in [9.17, 15) is 28.1 Å². The van der Waals surface area contributed by atoms with Gasteiger partial charge in [0.05, 0.1) is 18.0 Å². The van der Waals surface area contributed by atoms with Gasteiger partial charge in [0.1, 0.15) is 0 Å². The summed E-state index contributed by atoms with van der Waals surface area (Å²) >= 11 is 0. The third kappa shape index (κ3) is 3.97. The summed E-state index contributed by atoms with van der Waals surface area (Å²) < 4.78 is 25.1. The summed E-state index contributed by atoms with van der Waals surface area (Å²) in [5.74, 6) is -2.06. The van der Waals surface area contributed by atoms with Gasteiger partial charge in [-0.1, -0.05) is 12.1 Å². The number of nitro groups is 1. The highest BCUT2D eigenvalue weighted by molar-refractivity contribution is 7.89. The fourth-order valence-corrected chi connectivity index (χ4v) is 3.07. The topological polar surface area (TPSA) is 167 Å². The van der Waals surface area contributed by atoms with Crippen molar-refractivity contribution in [1.82, 2.24) is 4.31 Å². The first-order valence-corrected chi connectivity index (χ1v) is 6.90. The molecule has 2 amide bonds. The van der Waals surface area contributed by atoms with E-state index in [0.29, 0.717) is 4.31 Å². The number of para-hydroxylation sites is 1. The zero-order chi connectivity index (χ0) is 16.2. The summed E-state index contributed by atoms with van der Waals surface area (Å²) in [6.07, 6.45) is 0. The molecule has 1 aromatic carbocycles. The van der Waals surface area contributed by atoms with E-state index in [1.807, 2.05) is 0 Å². The lowest BCUT2D eigenvalue weighted by atomic mass is 10.3.